The van der Waals surface area contributed by atoms with E-state index in [2.05, 4.69) is 48.7 Å². The van der Waals surface area contributed by atoms with Crippen molar-refractivity contribution in [1.82, 2.24) is 5.06 Å². The van der Waals surface area contributed by atoms with Gasteiger partial charge in [-0.2, -0.15) is 0 Å². The molecule has 0 aromatic carbocycles. The van der Waals surface area contributed by atoms with Crippen LogP contribution in [0.3, 0.4) is 0 Å². The van der Waals surface area contributed by atoms with Gasteiger partial charge in [-0.05, 0) is 40.5 Å². The monoisotopic (exact) mass is 410 g/mol. The summed E-state index contributed by atoms with van der Waals surface area (Å²) in [6.07, 6.45) is 20.4. The van der Waals surface area contributed by atoms with Crippen LogP contribution in [0.2, 0.25) is 0 Å². The summed E-state index contributed by atoms with van der Waals surface area (Å²) in [6.45, 7) is 12.0. The van der Waals surface area contributed by atoms with Gasteiger partial charge >= 0.3 is 0 Å². The van der Waals surface area contributed by atoms with Crippen LogP contribution in [0.25, 0.3) is 0 Å². The topological polar surface area (TPSA) is 26.3 Å². The summed E-state index contributed by atoms with van der Waals surface area (Å²) in [4.78, 5) is 0. The maximum absolute atomic E-state index is 12.6. The number of hydrogen-bond donors (Lipinski definition) is 0. The summed E-state index contributed by atoms with van der Waals surface area (Å²) in [5.41, 5.74) is -0.504. The summed E-state index contributed by atoms with van der Waals surface area (Å²) in [5.74, 6) is 0. The third-order valence-corrected chi connectivity index (χ3v) is 7.40. The van der Waals surface area contributed by atoms with Gasteiger partial charge in [0.25, 0.3) is 0 Å². The van der Waals surface area contributed by atoms with E-state index in [1.807, 2.05) is 0 Å². The van der Waals surface area contributed by atoms with E-state index in [0.29, 0.717) is 6.04 Å². The van der Waals surface area contributed by atoms with Crippen LogP contribution in [0.15, 0.2) is 0 Å². The SMILES string of the molecule is CCCCCCCCCCCCCCC[N+](C)(C)C1CC(C)(C)N([O-])C(C)(C)C1. The Kier molecular flexibility index (Phi) is 11.8. The van der Waals surface area contributed by atoms with Crippen molar-refractivity contribution in [2.75, 3.05) is 20.6 Å². The lowest BCUT2D eigenvalue weighted by Gasteiger charge is -2.61. The molecule has 0 saturated carbocycles. The maximum atomic E-state index is 12.6. The fourth-order valence-electron chi connectivity index (χ4n) is 5.42. The number of rotatable bonds is 15. The third-order valence-electron chi connectivity index (χ3n) is 7.40. The summed E-state index contributed by atoms with van der Waals surface area (Å²) >= 11 is 0. The molecule has 1 aliphatic heterocycles. The number of hydroxylamine groups is 2. The predicted octanol–water partition coefficient (Wildman–Crippen LogP) is 7.67. The first-order chi connectivity index (χ1) is 13.5. The molecule has 1 saturated heterocycles. The minimum absolute atomic E-state index is 0.252. The number of piperidine rings is 1. The smallest absolute Gasteiger partial charge is 0.0920 e. The fourth-order valence-corrected chi connectivity index (χ4v) is 5.42. The Balaban J connectivity index is 2.13. The third kappa shape index (κ3) is 9.70. The highest BCUT2D eigenvalue weighted by molar-refractivity contribution is 5.01. The van der Waals surface area contributed by atoms with Crippen molar-refractivity contribution in [2.45, 2.75) is 148 Å². The van der Waals surface area contributed by atoms with Crippen molar-refractivity contribution in [3.8, 4) is 0 Å². The highest BCUT2D eigenvalue weighted by Crippen LogP contribution is 2.40. The number of nitrogens with zero attached hydrogens (tertiary/aromatic N) is 2. The molecule has 3 nitrogen and oxygen atoms in total. The number of hydrogen-bond acceptors (Lipinski definition) is 2. The van der Waals surface area contributed by atoms with Crippen LogP contribution in [0.5, 0.6) is 0 Å². The van der Waals surface area contributed by atoms with E-state index >= 15 is 0 Å². The largest absolute Gasteiger partial charge is 0.784 e. The van der Waals surface area contributed by atoms with Crippen molar-refractivity contribution in [3.05, 3.63) is 5.21 Å². The van der Waals surface area contributed by atoms with Crippen molar-refractivity contribution in [3.63, 3.8) is 0 Å². The quantitative estimate of drug-likeness (QED) is 0.204. The molecule has 3 heteroatoms. The average Bonchev–Trinajstić information content (AvgIpc) is 2.63. The zero-order valence-corrected chi connectivity index (χ0v) is 21.2. The van der Waals surface area contributed by atoms with Crippen LogP contribution < -0.4 is 0 Å². The molecule has 0 unspecified atom stereocenters. The van der Waals surface area contributed by atoms with Gasteiger partial charge in [0.1, 0.15) is 0 Å². The van der Waals surface area contributed by atoms with Gasteiger partial charge in [-0.15, -0.1) is 0 Å². The molecule has 0 atom stereocenters. The molecule has 1 heterocycles. The van der Waals surface area contributed by atoms with Crippen LogP contribution in [0, 0.1) is 5.21 Å². The van der Waals surface area contributed by atoms with Gasteiger partial charge in [0.05, 0.1) is 26.7 Å². The molecule has 174 valence electrons. The lowest BCUT2D eigenvalue weighted by Crippen LogP contribution is -2.65. The van der Waals surface area contributed by atoms with Crippen LogP contribution >= 0.6 is 0 Å². The Morgan fingerprint density at radius 3 is 1.41 bits per heavy atom. The standard InChI is InChI=1S/C26H54N2O/c1-8-9-10-11-12-13-14-15-16-17-18-19-20-21-28(6,7)24-22-25(2,3)27(29)26(4,5)23-24/h24H,8-23H2,1-7H3. The summed E-state index contributed by atoms with van der Waals surface area (Å²) in [7, 11) is 4.77. The molecule has 1 fully saturated rings. The van der Waals surface area contributed by atoms with Crippen LogP contribution in [-0.2, 0) is 0 Å². The van der Waals surface area contributed by atoms with E-state index < -0.39 is 0 Å². The molecular formula is C26H54N2O. The van der Waals surface area contributed by atoms with Gasteiger partial charge in [-0.3, -0.25) is 0 Å². The molecule has 0 spiro atoms. The van der Waals surface area contributed by atoms with E-state index in [1.165, 1.54) is 95.1 Å². The highest BCUT2D eigenvalue weighted by Gasteiger charge is 2.45. The van der Waals surface area contributed by atoms with Gasteiger partial charge in [0.15, 0.2) is 0 Å². The van der Waals surface area contributed by atoms with Crippen LogP contribution in [0.4, 0.5) is 0 Å². The molecule has 1 rings (SSSR count). The Bertz CT molecular complexity index is 412. The summed E-state index contributed by atoms with van der Waals surface area (Å²) in [6, 6.07) is 0.586. The second-order valence-corrected chi connectivity index (χ2v) is 11.7. The van der Waals surface area contributed by atoms with E-state index in [4.69, 9.17) is 0 Å². The molecule has 0 aliphatic carbocycles. The Morgan fingerprint density at radius 2 is 1.03 bits per heavy atom. The Hall–Kier alpha value is -0.120. The number of quaternary nitrogens is 1. The first-order valence-electron chi connectivity index (χ1n) is 12.8. The second kappa shape index (κ2) is 12.7. The van der Waals surface area contributed by atoms with E-state index in [9.17, 15) is 5.21 Å². The molecule has 0 aromatic rings. The lowest BCUT2D eigenvalue weighted by molar-refractivity contribution is -0.918. The molecule has 0 bridgehead atoms. The normalized spacial score (nSPS) is 20.3. The molecule has 0 amide bonds. The van der Waals surface area contributed by atoms with E-state index in [0.717, 1.165) is 17.3 Å². The van der Waals surface area contributed by atoms with Gasteiger partial charge in [-0.25, -0.2) is 0 Å². The van der Waals surface area contributed by atoms with Crippen LogP contribution in [-0.4, -0.2) is 47.3 Å². The number of unbranched alkanes of at least 4 members (excludes halogenated alkanes) is 12. The van der Waals surface area contributed by atoms with Gasteiger partial charge in [-0.1, -0.05) is 77.6 Å². The fraction of sp³-hybridized carbons (Fsp3) is 1.00. The molecule has 0 radical (unpaired) electrons. The van der Waals surface area contributed by atoms with Crippen molar-refractivity contribution >= 4 is 0 Å². The summed E-state index contributed by atoms with van der Waals surface area (Å²) < 4.78 is 1.07. The van der Waals surface area contributed by atoms with Crippen molar-refractivity contribution < 1.29 is 4.48 Å². The summed E-state index contributed by atoms with van der Waals surface area (Å²) in [5, 5.41) is 14.0. The van der Waals surface area contributed by atoms with Gasteiger partial charge in [0.2, 0.25) is 0 Å². The first-order valence-corrected chi connectivity index (χ1v) is 12.8. The molecule has 0 N–H and O–H groups in total. The van der Waals surface area contributed by atoms with Crippen LogP contribution in [0.1, 0.15) is 131 Å². The molecular weight excluding hydrogens is 356 g/mol. The Labute approximate surface area is 183 Å². The minimum Gasteiger partial charge on any atom is -0.784 e. The van der Waals surface area contributed by atoms with Crippen molar-refractivity contribution in [2.24, 2.45) is 0 Å². The maximum Gasteiger partial charge on any atom is 0.0920 e. The Morgan fingerprint density at radius 1 is 0.690 bits per heavy atom. The molecule has 0 aromatic heterocycles. The zero-order chi connectivity index (χ0) is 22.0. The second-order valence-electron chi connectivity index (χ2n) is 11.7. The first kappa shape index (κ1) is 26.9. The van der Waals surface area contributed by atoms with E-state index in [-0.39, 0.29) is 11.1 Å². The van der Waals surface area contributed by atoms with Gasteiger partial charge in [0, 0.05) is 23.9 Å². The molecule has 1 aliphatic rings. The average molecular weight is 411 g/mol. The highest BCUT2D eigenvalue weighted by atomic mass is 16.5. The zero-order valence-electron chi connectivity index (χ0n) is 21.2. The minimum atomic E-state index is -0.252. The van der Waals surface area contributed by atoms with E-state index in [1.54, 1.807) is 0 Å². The van der Waals surface area contributed by atoms with Crippen molar-refractivity contribution in [1.29, 1.82) is 0 Å². The lowest BCUT2D eigenvalue weighted by atomic mass is 9.77. The predicted molar refractivity (Wildman–Crippen MR) is 129 cm³/mol. The molecule has 29 heavy (non-hydrogen) atoms. The van der Waals surface area contributed by atoms with Gasteiger partial charge < -0.3 is 14.8 Å².